The average Bonchev–Trinajstić information content (AvgIpc) is 2.71. The van der Waals surface area contributed by atoms with Gasteiger partial charge in [0.2, 0.25) is 0 Å². The van der Waals surface area contributed by atoms with Gasteiger partial charge in [0, 0.05) is 11.5 Å². The smallest absolute Gasteiger partial charge is 0.104 e. The highest BCUT2D eigenvalue weighted by Gasteiger charge is 2.19. The van der Waals surface area contributed by atoms with E-state index in [4.69, 9.17) is 0 Å². The number of hydrogen-bond donors (Lipinski definition) is 0. The monoisotopic (exact) mass is 416 g/mol. The molecule has 0 radical (unpaired) electrons. The summed E-state index contributed by atoms with van der Waals surface area (Å²) in [4.78, 5) is 0. The number of benzene rings is 1. The van der Waals surface area contributed by atoms with Gasteiger partial charge in [-0.15, -0.1) is 0 Å². The summed E-state index contributed by atoms with van der Waals surface area (Å²) in [5.74, 6) is 0.825. The lowest BCUT2D eigenvalue weighted by atomic mass is 10.00. The van der Waals surface area contributed by atoms with Gasteiger partial charge in [0.05, 0.1) is 20.6 Å². The van der Waals surface area contributed by atoms with Crippen molar-refractivity contribution >= 4 is 0 Å². The van der Waals surface area contributed by atoms with Gasteiger partial charge in [-0.05, 0) is 6.42 Å². The van der Waals surface area contributed by atoms with Crippen LogP contribution in [0.5, 0.6) is 0 Å². The normalized spacial score (nSPS) is 12.9. The third-order valence-corrected chi connectivity index (χ3v) is 6.56. The molecule has 0 aliphatic rings. The van der Waals surface area contributed by atoms with Crippen molar-refractivity contribution in [3.05, 3.63) is 35.9 Å². The van der Waals surface area contributed by atoms with Crippen LogP contribution in [0.2, 0.25) is 0 Å². The Morgan fingerprint density at radius 3 is 1.53 bits per heavy atom. The summed E-state index contributed by atoms with van der Waals surface area (Å²) in [5, 5.41) is 0. The van der Waals surface area contributed by atoms with E-state index < -0.39 is 0 Å². The van der Waals surface area contributed by atoms with E-state index in [0.717, 1.165) is 16.9 Å². The van der Waals surface area contributed by atoms with Crippen molar-refractivity contribution in [3.8, 4) is 0 Å². The number of quaternary nitrogens is 1. The Balaban J connectivity index is 1.89. The quantitative estimate of drug-likeness (QED) is 0.147. The highest BCUT2D eigenvalue weighted by molar-refractivity contribution is 5.13. The fourth-order valence-corrected chi connectivity index (χ4v) is 4.94. The first-order valence-electron chi connectivity index (χ1n) is 13.4. The Bertz CT molecular complexity index is 478. The minimum absolute atomic E-state index is 0.825. The Morgan fingerprint density at radius 1 is 0.633 bits per heavy atom. The van der Waals surface area contributed by atoms with Gasteiger partial charge < -0.3 is 4.48 Å². The zero-order valence-electron chi connectivity index (χ0n) is 21.1. The van der Waals surface area contributed by atoms with Crippen molar-refractivity contribution in [3.63, 3.8) is 0 Å². The van der Waals surface area contributed by atoms with E-state index in [1.54, 1.807) is 0 Å². The van der Waals surface area contributed by atoms with Gasteiger partial charge in [-0.3, -0.25) is 0 Å². The van der Waals surface area contributed by atoms with E-state index in [9.17, 15) is 0 Å². The zero-order valence-corrected chi connectivity index (χ0v) is 21.1. The van der Waals surface area contributed by atoms with Crippen LogP contribution < -0.4 is 0 Å². The second kappa shape index (κ2) is 17.8. The van der Waals surface area contributed by atoms with Crippen LogP contribution in [0, 0.1) is 5.92 Å². The van der Waals surface area contributed by atoms with Crippen LogP contribution >= 0.6 is 0 Å². The number of hydrogen-bond acceptors (Lipinski definition) is 0. The molecular weight excluding hydrogens is 362 g/mol. The van der Waals surface area contributed by atoms with Crippen LogP contribution in [0.25, 0.3) is 0 Å². The van der Waals surface area contributed by atoms with Crippen molar-refractivity contribution in [2.24, 2.45) is 5.92 Å². The minimum atomic E-state index is 0.825. The molecule has 0 heterocycles. The Labute approximate surface area is 190 Å². The lowest BCUT2D eigenvalue weighted by Gasteiger charge is -2.32. The van der Waals surface area contributed by atoms with E-state index >= 15 is 0 Å². The molecule has 1 heteroatoms. The number of rotatable bonds is 20. The largest absolute Gasteiger partial charge is 0.325 e. The summed E-state index contributed by atoms with van der Waals surface area (Å²) < 4.78 is 1.10. The zero-order chi connectivity index (χ0) is 21.9. The molecule has 0 spiro atoms. The molecule has 0 bridgehead atoms. The van der Waals surface area contributed by atoms with Gasteiger partial charge in [-0.2, -0.15) is 0 Å². The van der Waals surface area contributed by atoms with Gasteiger partial charge in [0.25, 0.3) is 0 Å². The molecule has 1 nitrogen and oxygen atoms in total. The van der Waals surface area contributed by atoms with Crippen LogP contribution in [0.15, 0.2) is 30.3 Å². The van der Waals surface area contributed by atoms with E-state index in [-0.39, 0.29) is 0 Å². The van der Waals surface area contributed by atoms with Crippen LogP contribution in [0.4, 0.5) is 0 Å². The van der Waals surface area contributed by atoms with E-state index in [0.29, 0.717) is 0 Å². The van der Waals surface area contributed by atoms with E-state index in [2.05, 4.69) is 58.3 Å². The maximum atomic E-state index is 2.45. The van der Waals surface area contributed by atoms with Gasteiger partial charge in [0.1, 0.15) is 6.54 Å². The summed E-state index contributed by atoms with van der Waals surface area (Å²) in [7, 11) is 4.77. The first-order valence-corrected chi connectivity index (χ1v) is 13.4. The second-order valence-corrected chi connectivity index (χ2v) is 10.6. The Kier molecular flexibility index (Phi) is 16.2. The summed E-state index contributed by atoms with van der Waals surface area (Å²) in [6.45, 7) is 7.18. The van der Waals surface area contributed by atoms with Crippen LogP contribution in [-0.2, 0) is 6.54 Å². The van der Waals surface area contributed by atoms with Gasteiger partial charge in [-0.25, -0.2) is 0 Å². The third kappa shape index (κ3) is 15.9. The predicted octanol–water partition coefficient (Wildman–Crippen LogP) is 9.16. The maximum absolute atomic E-state index is 2.45. The fourth-order valence-electron chi connectivity index (χ4n) is 4.94. The summed E-state index contributed by atoms with van der Waals surface area (Å²) in [6.07, 6.45) is 23.2. The summed E-state index contributed by atoms with van der Waals surface area (Å²) in [6, 6.07) is 11.0. The molecule has 0 aliphatic heterocycles. The van der Waals surface area contributed by atoms with Crippen molar-refractivity contribution in [1.29, 1.82) is 0 Å². The van der Waals surface area contributed by atoms with Crippen molar-refractivity contribution in [2.45, 2.75) is 123 Å². The fraction of sp³-hybridized carbons (Fsp3) is 0.793. The van der Waals surface area contributed by atoms with Gasteiger partial charge in [-0.1, -0.05) is 140 Å². The molecule has 0 aliphatic carbocycles. The second-order valence-electron chi connectivity index (χ2n) is 10.6. The molecule has 0 fully saturated rings. The first-order chi connectivity index (χ1) is 14.5. The van der Waals surface area contributed by atoms with Crippen LogP contribution in [0.3, 0.4) is 0 Å². The molecule has 1 aromatic carbocycles. The standard InChI is InChI=1S/C29H54N/c1-5-6-7-8-9-10-11-12-13-14-15-16-17-18-20-23-28(2)26-30(3,4)27-29-24-21-19-22-25-29/h19,21-22,24-25,28H,5-18,20,23,26-27H2,1-4H3/q+1. The van der Waals surface area contributed by atoms with Crippen molar-refractivity contribution < 1.29 is 4.48 Å². The first kappa shape index (κ1) is 27.2. The maximum Gasteiger partial charge on any atom is 0.104 e. The molecule has 1 atom stereocenters. The molecular formula is C29H54N+. The highest BCUT2D eigenvalue weighted by atomic mass is 15.3. The number of unbranched alkanes of at least 4 members (excludes halogenated alkanes) is 14. The van der Waals surface area contributed by atoms with Crippen molar-refractivity contribution in [1.82, 2.24) is 0 Å². The molecule has 30 heavy (non-hydrogen) atoms. The average molecular weight is 417 g/mol. The lowest BCUT2D eigenvalue weighted by Crippen LogP contribution is -2.42. The van der Waals surface area contributed by atoms with E-state index in [1.165, 1.54) is 115 Å². The molecule has 1 aromatic rings. The topological polar surface area (TPSA) is 0 Å². The molecule has 174 valence electrons. The Morgan fingerprint density at radius 2 is 1.07 bits per heavy atom. The molecule has 0 saturated heterocycles. The molecule has 0 N–H and O–H groups in total. The summed E-state index contributed by atoms with van der Waals surface area (Å²) >= 11 is 0. The number of nitrogens with zero attached hydrogens (tertiary/aromatic N) is 1. The molecule has 1 rings (SSSR count). The third-order valence-electron chi connectivity index (χ3n) is 6.56. The molecule has 0 aromatic heterocycles. The van der Waals surface area contributed by atoms with Gasteiger partial charge in [0.15, 0.2) is 0 Å². The molecule has 1 unspecified atom stereocenters. The highest BCUT2D eigenvalue weighted by Crippen LogP contribution is 2.18. The summed E-state index contributed by atoms with van der Waals surface area (Å²) in [5.41, 5.74) is 1.46. The molecule has 0 amide bonds. The van der Waals surface area contributed by atoms with Crippen LogP contribution in [0.1, 0.15) is 122 Å². The van der Waals surface area contributed by atoms with Gasteiger partial charge >= 0.3 is 0 Å². The molecule has 0 saturated carbocycles. The SMILES string of the molecule is CCCCCCCCCCCCCCCCCC(C)C[N+](C)(C)Cc1ccccc1. The van der Waals surface area contributed by atoms with Crippen molar-refractivity contribution in [2.75, 3.05) is 20.6 Å². The van der Waals surface area contributed by atoms with E-state index in [1.807, 2.05) is 0 Å². The lowest BCUT2D eigenvalue weighted by molar-refractivity contribution is -0.906. The minimum Gasteiger partial charge on any atom is -0.325 e. The Hall–Kier alpha value is -0.820. The predicted molar refractivity (Wildman–Crippen MR) is 136 cm³/mol. The van der Waals surface area contributed by atoms with Crippen LogP contribution in [-0.4, -0.2) is 25.1 Å².